The van der Waals surface area contributed by atoms with Gasteiger partial charge < -0.3 is 19.3 Å². The number of carboxylic acid groups (broad SMARTS) is 1. The number of benzene rings is 1. The van der Waals surface area contributed by atoms with Crippen LogP contribution in [0.2, 0.25) is 0 Å². The monoisotopic (exact) mass is 348 g/mol. The number of ether oxygens (including phenoxy) is 1. The average Bonchev–Trinajstić information content (AvgIpc) is 2.89. The maximum atomic E-state index is 12.6. The highest BCUT2D eigenvalue weighted by atomic mass is 32.2. The summed E-state index contributed by atoms with van der Waals surface area (Å²) in [5, 5.41) is 10.1. The molecule has 0 unspecified atom stereocenters. The number of para-hydroxylation sites is 1. The van der Waals surface area contributed by atoms with Crippen LogP contribution in [0.3, 0.4) is 0 Å². The van der Waals surface area contributed by atoms with Crippen LogP contribution in [0.25, 0.3) is 10.9 Å². The number of carboxylic acids is 1. The first kappa shape index (κ1) is 16.9. The number of amides is 1. The lowest BCUT2D eigenvalue weighted by molar-refractivity contribution is -0.144. The first-order valence-electron chi connectivity index (χ1n) is 7.82. The number of carbonyl (C=O) groups is 2. The number of aliphatic carboxylic acids is 1. The van der Waals surface area contributed by atoms with Crippen LogP contribution in [0.1, 0.15) is 6.42 Å². The lowest BCUT2D eigenvalue weighted by Gasteiger charge is -2.34. The molecule has 128 valence electrons. The van der Waals surface area contributed by atoms with Gasteiger partial charge in [0.25, 0.3) is 0 Å². The Morgan fingerprint density at radius 2 is 2.17 bits per heavy atom. The van der Waals surface area contributed by atoms with Crippen LogP contribution in [0, 0.1) is 0 Å². The summed E-state index contributed by atoms with van der Waals surface area (Å²) in [6.07, 6.45) is 1.95. The third-order valence-corrected chi connectivity index (χ3v) is 5.20. The van der Waals surface area contributed by atoms with E-state index >= 15 is 0 Å². The summed E-state index contributed by atoms with van der Waals surface area (Å²) in [5.74, 6) is -0.656. The Bertz CT molecular complexity index is 758. The molecule has 6 nitrogen and oxygen atoms in total. The van der Waals surface area contributed by atoms with Gasteiger partial charge in [-0.15, -0.1) is 11.8 Å². The van der Waals surface area contributed by atoms with Crippen molar-refractivity contribution in [3.8, 4) is 0 Å². The van der Waals surface area contributed by atoms with Crippen molar-refractivity contribution < 1.29 is 19.4 Å². The van der Waals surface area contributed by atoms with Gasteiger partial charge in [0, 0.05) is 35.6 Å². The highest BCUT2D eigenvalue weighted by Crippen LogP contribution is 2.29. The molecule has 0 aliphatic carbocycles. The van der Waals surface area contributed by atoms with Crippen molar-refractivity contribution in [2.24, 2.45) is 7.05 Å². The molecule has 3 rings (SSSR count). The van der Waals surface area contributed by atoms with E-state index in [-0.39, 0.29) is 25.0 Å². The Labute approximate surface area is 144 Å². The van der Waals surface area contributed by atoms with E-state index in [0.717, 1.165) is 15.8 Å². The smallest absolute Gasteiger partial charge is 0.305 e. The maximum absolute atomic E-state index is 12.6. The van der Waals surface area contributed by atoms with Gasteiger partial charge in [0.05, 0.1) is 31.4 Å². The van der Waals surface area contributed by atoms with Gasteiger partial charge in [0.2, 0.25) is 5.91 Å². The van der Waals surface area contributed by atoms with E-state index in [1.165, 1.54) is 11.8 Å². The van der Waals surface area contributed by atoms with E-state index in [0.29, 0.717) is 18.9 Å². The molecule has 1 amide bonds. The Morgan fingerprint density at radius 3 is 2.96 bits per heavy atom. The van der Waals surface area contributed by atoms with Crippen LogP contribution in [0.4, 0.5) is 0 Å². The quantitative estimate of drug-likeness (QED) is 0.837. The Morgan fingerprint density at radius 1 is 1.38 bits per heavy atom. The molecule has 1 fully saturated rings. The number of nitrogens with zero attached hydrogens (tertiary/aromatic N) is 2. The number of carbonyl (C=O) groups excluding carboxylic acids is 1. The van der Waals surface area contributed by atoms with E-state index in [4.69, 9.17) is 9.84 Å². The molecule has 2 aromatic rings. The molecule has 0 saturated carbocycles. The molecule has 1 saturated heterocycles. The average molecular weight is 348 g/mol. The van der Waals surface area contributed by atoms with Gasteiger partial charge in [-0.25, -0.2) is 0 Å². The number of fused-ring (bicyclic) bond motifs is 1. The van der Waals surface area contributed by atoms with Gasteiger partial charge in [-0.3, -0.25) is 9.59 Å². The lowest BCUT2D eigenvalue weighted by atomic mass is 10.1. The number of morpholine rings is 1. The van der Waals surface area contributed by atoms with Crippen molar-refractivity contribution in [1.82, 2.24) is 9.47 Å². The van der Waals surface area contributed by atoms with Crippen LogP contribution in [-0.2, 0) is 21.4 Å². The third-order valence-electron chi connectivity index (χ3n) is 4.17. The summed E-state index contributed by atoms with van der Waals surface area (Å²) >= 11 is 1.49. The Kier molecular flexibility index (Phi) is 5.11. The number of hydrogen-bond acceptors (Lipinski definition) is 4. The molecular weight excluding hydrogens is 328 g/mol. The Balaban J connectivity index is 1.68. The van der Waals surface area contributed by atoms with E-state index in [1.807, 2.05) is 42.1 Å². The SMILES string of the molecule is Cn1cc(SCC(=O)N2CCOC[C@H]2CC(=O)O)c2ccccc21. The fraction of sp³-hybridized carbons (Fsp3) is 0.412. The molecule has 0 radical (unpaired) electrons. The fourth-order valence-electron chi connectivity index (χ4n) is 3.00. The third kappa shape index (κ3) is 3.57. The van der Waals surface area contributed by atoms with Gasteiger partial charge in [-0.1, -0.05) is 18.2 Å². The van der Waals surface area contributed by atoms with Gasteiger partial charge in [0.1, 0.15) is 0 Å². The summed E-state index contributed by atoms with van der Waals surface area (Å²) in [4.78, 5) is 26.2. The van der Waals surface area contributed by atoms with Gasteiger partial charge in [0.15, 0.2) is 0 Å². The van der Waals surface area contributed by atoms with Crippen molar-refractivity contribution in [2.75, 3.05) is 25.5 Å². The molecule has 2 heterocycles. The zero-order valence-electron chi connectivity index (χ0n) is 13.5. The van der Waals surface area contributed by atoms with Crippen molar-refractivity contribution in [1.29, 1.82) is 0 Å². The number of rotatable bonds is 5. The van der Waals surface area contributed by atoms with Crippen LogP contribution >= 0.6 is 11.8 Å². The molecule has 1 N–H and O–H groups in total. The number of aryl methyl sites for hydroxylation is 1. The second-order valence-electron chi connectivity index (χ2n) is 5.82. The Hall–Kier alpha value is -1.99. The summed E-state index contributed by atoms with van der Waals surface area (Å²) in [6.45, 7) is 1.20. The van der Waals surface area contributed by atoms with Crippen molar-refractivity contribution in [3.63, 3.8) is 0 Å². The highest BCUT2D eigenvalue weighted by molar-refractivity contribution is 8.00. The highest BCUT2D eigenvalue weighted by Gasteiger charge is 2.29. The molecule has 0 spiro atoms. The second kappa shape index (κ2) is 7.27. The van der Waals surface area contributed by atoms with Gasteiger partial charge >= 0.3 is 5.97 Å². The summed E-state index contributed by atoms with van der Waals surface area (Å²) in [7, 11) is 1.99. The van der Waals surface area contributed by atoms with Gasteiger partial charge in [-0.05, 0) is 6.07 Å². The minimum atomic E-state index is -0.912. The van der Waals surface area contributed by atoms with Crippen molar-refractivity contribution in [2.45, 2.75) is 17.4 Å². The lowest BCUT2D eigenvalue weighted by Crippen LogP contribution is -2.50. The predicted octanol–water partition coefficient (Wildman–Crippen LogP) is 1.97. The predicted molar refractivity (Wildman–Crippen MR) is 92.2 cm³/mol. The molecule has 1 aromatic carbocycles. The standard InChI is InChI=1S/C17H20N2O4S/c1-18-9-15(13-4-2-3-5-14(13)18)24-11-16(20)19-6-7-23-10-12(19)8-17(21)22/h2-5,9,12H,6-8,10-11H2,1H3,(H,21,22)/t12-/m1/s1. The first-order valence-corrected chi connectivity index (χ1v) is 8.80. The largest absolute Gasteiger partial charge is 0.481 e. The van der Waals surface area contributed by atoms with E-state index in [1.54, 1.807) is 4.90 Å². The molecular formula is C17H20N2O4S. The number of hydrogen-bond donors (Lipinski definition) is 1. The zero-order valence-corrected chi connectivity index (χ0v) is 14.3. The topological polar surface area (TPSA) is 71.8 Å². The molecule has 24 heavy (non-hydrogen) atoms. The van der Waals surface area contributed by atoms with Crippen LogP contribution < -0.4 is 0 Å². The fourth-order valence-corrected chi connectivity index (χ4v) is 4.00. The minimum absolute atomic E-state index is 0.0394. The second-order valence-corrected chi connectivity index (χ2v) is 6.84. The maximum Gasteiger partial charge on any atom is 0.305 e. The van der Waals surface area contributed by atoms with E-state index < -0.39 is 5.97 Å². The first-order chi connectivity index (χ1) is 11.6. The van der Waals surface area contributed by atoms with E-state index in [2.05, 4.69) is 0 Å². The molecule has 1 atom stereocenters. The summed E-state index contributed by atoms with van der Waals surface area (Å²) < 4.78 is 7.37. The number of thioether (sulfide) groups is 1. The minimum Gasteiger partial charge on any atom is -0.481 e. The molecule has 1 aromatic heterocycles. The molecule has 7 heteroatoms. The normalized spacial score (nSPS) is 18.0. The van der Waals surface area contributed by atoms with E-state index in [9.17, 15) is 9.59 Å². The molecule has 1 aliphatic rings. The molecule has 0 bridgehead atoms. The zero-order chi connectivity index (χ0) is 17.1. The van der Waals surface area contributed by atoms with Gasteiger partial charge in [-0.2, -0.15) is 0 Å². The summed E-state index contributed by atoms with van der Waals surface area (Å²) in [5.41, 5.74) is 1.13. The van der Waals surface area contributed by atoms with Crippen molar-refractivity contribution in [3.05, 3.63) is 30.5 Å². The van der Waals surface area contributed by atoms with Crippen LogP contribution in [-0.4, -0.2) is 58.0 Å². The van der Waals surface area contributed by atoms with Crippen LogP contribution in [0.15, 0.2) is 35.4 Å². The van der Waals surface area contributed by atoms with Crippen molar-refractivity contribution >= 4 is 34.5 Å². The van der Waals surface area contributed by atoms with Crippen LogP contribution in [0.5, 0.6) is 0 Å². The number of aromatic nitrogens is 1. The summed E-state index contributed by atoms with van der Waals surface area (Å²) in [6, 6.07) is 7.69. The molecule has 1 aliphatic heterocycles.